The molecule has 0 spiro atoms. The van der Waals surface area contributed by atoms with Crippen LogP contribution >= 0.6 is 0 Å². The van der Waals surface area contributed by atoms with Gasteiger partial charge >= 0.3 is 6.18 Å². The maximum Gasteiger partial charge on any atom is 0.416 e. The van der Waals surface area contributed by atoms with Crippen LogP contribution in [-0.2, 0) is 17.5 Å². The zero-order chi connectivity index (χ0) is 32.4. The molecular weight excluding hydrogens is 604 g/mol. The van der Waals surface area contributed by atoms with Gasteiger partial charge in [-0.2, -0.15) is 18.3 Å². The first-order chi connectivity index (χ1) is 22.0. The molecule has 4 heterocycles. The third kappa shape index (κ3) is 6.69. The van der Waals surface area contributed by atoms with Crippen molar-refractivity contribution >= 4 is 34.5 Å². The number of anilines is 3. The number of carbonyl (C=O) groups is 2. The van der Waals surface area contributed by atoms with Gasteiger partial charge in [0, 0.05) is 43.3 Å². The number of nitrogens with zero attached hydrogens (tertiary/aromatic N) is 4. The van der Waals surface area contributed by atoms with Crippen LogP contribution in [0, 0.1) is 24.6 Å². The molecule has 0 bridgehead atoms. The number of aromatic nitrogens is 4. The third-order valence-corrected chi connectivity index (χ3v) is 7.30. The average Bonchev–Trinajstić information content (AvgIpc) is 3.67. The molecule has 2 amide bonds. The maximum absolute atomic E-state index is 15.0. The highest BCUT2D eigenvalue weighted by molar-refractivity contribution is 6.05. The Hall–Kier alpha value is -5.68. The number of aryl methyl sites for hydroxylation is 1. The first-order valence-corrected chi connectivity index (χ1v) is 14.1. The Labute approximate surface area is 259 Å². The van der Waals surface area contributed by atoms with E-state index in [0.717, 1.165) is 23.9 Å². The van der Waals surface area contributed by atoms with E-state index in [1.165, 1.54) is 12.1 Å². The molecule has 0 saturated carbocycles. The summed E-state index contributed by atoms with van der Waals surface area (Å²) in [5.41, 5.74) is 2.13. The van der Waals surface area contributed by atoms with Gasteiger partial charge in [0.25, 0.3) is 5.91 Å². The van der Waals surface area contributed by atoms with Crippen molar-refractivity contribution in [2.75, 3.05) is 30.3 Å². The second-order valence-corrected chi connectivity index (χ2v) is 10.7. The number of aromatic amines is 1. The number of alkyl halides is 3. The number of carbonyl (C=O) groups excluding carboxylic acids is 2. The lowest BCUT2D eigenvalue weighted by Crippen LogP contribution is -2.47. The first-order valence-electron chi connectivity index (χ1n) is 14.1. The SMILES string of the molecule is Cc1cc(F)c(C(=O)Nc2cc(CN3CCNC(=O)C3)cc(C(F)(F)F)c2)cc1C#Cc1cnc2c(Nc3cn[nH]c3)cccn12. The molecule has 2 aromatic carbocycles. The van der Waals surface area contributed by atoms with Crippen LogP contribution in [0.3, 0.4) is 0 Å². The van der Waals surface area contributed by atoms with Crippen LogP contribution in [0.4, 0.5) is 34.6 Å². The highest BCUT2D eigenvalue weighted by Crippen LogP contribution is 2.33. The van der Waals surface area contributed by atoms with Gasteiger partial charge in [-0.25, -0.2) is 9.37 Å². The van der Waals surface area contributed by atoms with E-state index in [4.69, 9.17) is 0 Å². The number of nitrogens with one attached hydrogen (secondary N) is 4. The number of H-pyrrole nitrogens is 1. The number of hydrogen-bond donors (Lipinski definition) is 4. The second kappa shape index (κ2) is 12.4. The molecule has 6 rings (SSSR count). The van der Waals surface area contributed by atoms with E-state index in [1.54, 1.807) is 41.0 Å². The smallest absolute Gasteiger partial charge is 0.354 e. The van der Waals surface area contributed by atoms with Gasteiger partial charge in [-0.15, -0.1) is 0 Å². The van der Waals surface area contributed by atoms with Crippen molar-refractivity contribution in [2.45, 2.75) is 19.6 Å². The summed E-state index contributed by atoms with van der Waals surface area (Å²) in [6.45, 7) is 2.56. The van der Waals surface area contributed by atoms with Crippen LogP contribution in [0.5, 0.6) is 0 Å². The minimum absolute atomic E-state index is 0.0365. The van der Waals surface area contributed by atoms with Gasteiger partial charge in [-0.1, -0.05) is 5.92 Å². The normalized spacial score (nSPS) is 13.6. The molecule has 0 atom stereocenters. The molecule has 14 heteroatoms. The van der Waals surface area contributed by atoms with Crippen LogP contribution in [0.15, 0.2) is 67.3 Å². The summed E-state index contributed by atoms with van der Waals surface area (Å²) in [5, 5.41) is 14.9. The summed E-state index contributed by atoms with van der Waals surface area (Å²) in [5.74, 6) is 3.96. The summed E-state index contributed by atoms with van der Waals surface area (Å²) in [6.07, 6.45) is 1.99. The fraction of sp³-hybridized carbons (Fsp3) is 0.188. The molecule has 1 aliphatic heterocycles. The van der Waals surface area contributed by atoms with Crippen LogP contribution in [0.25, 0.3) is 5.65 Å². The Morgan fingerprint density at radius 2 is 1.96 bits per heavy atom. The lowest BCUT2D eigenvalue weighted by Gasteiger charge is -2.27. The number of halogens is 4. The zero-order valence-electron chi connectivity index (χ0n) is 24.3. The second-order valence-electron chi connectivity index (χ2n) is 10.7. The lowest BCUT2D eigenvalue weighted by atomic mass is 10.0. The van der Waals surface area contributed by atoms with Gasteiger partial charge < -0.3 is 16.0 Å². The Kier molecular flexibility index (Phi) is 8.16. The van der Waals surface area contributed by atoms with Crippen molar-refractivity contribution in [1.29, 1.82) is 0 Å². The average molecular weight is 631 g/mol. The third-order valence-electron chi connectivity index (χ3n) is 7.30. The van der Waals surface area contributed by atoms with E-state index in [9.17, 15) is 22.8 Å². The molecule has 46 heavy (non-hydrogen) atoms. The van der Waals surface area contributed by atoms with Gasteiger partial charge in [-0.05, 0) is 66.4 Å². The highest BCUT2D eigenvalue weighted by atomic mass is 19.4. The van der Waals surface area contributed by atoms with E-state index in [-0.39, 0.29) is 35.8 Å². The molecule has 0 aliphatic carbocycles. The molecule has 0 radical (unpaired) electrons. The summed E-state index contributed by atoms with van der Waals surface area (Å²) in [4.78, 5) is 31.1. The summed E-state index contributed by atoms with van der Waals surface area (Å²) < 4.78 is 58.0. The van der Waals surface area contributed by atoms with Crippen molar-refractivity contribution in [1.82, 2.24) is 29.8 Å². The Bertz CT molecular complexity index is 2010. The van der Waals surface area contributed by atoms with Crippen LogP contribution in [-0.4, -0.2) is 55.9 Å². The molecule has 234 valence electrons. The number of hydrogen-bond acceptors (Lipinski definition) is 6. The van der Waals surface area contributed by atoms with Crippen molar-refractivity contribution < 1.29 is 27.2 Å². The van der Waals surface area contributed by atoms with E-state index in [0.29, 0.717) is 41.2 Å². The van der Waals surface area contributed by atoms with Crippen LogP contribution in [0.2, 0.25) is 0 Å². The zero-order valence-corrected chi connectivity index (χ0v) is 24.3. The van der Waals surface area contributed by atoms with E-state index >= 15 is 4.39 Å². The molecule has 4 N–H and O–H groups in total. The predicted octanol–water partition coefficient (Wildman–Crippen LogP) is 4.85. The van der Waals surface area contributed by atoms with Crippen LogP contribution in [0.1, 0.15) is 38.3 Å². The number of pyridine rings is 1. The summed E-state index contributed by atoms with van der Waals surface area (Å²) in [7, 11) is 0. The molecule has 3 aromatic heterocycles. The molecule has 0 unspecified atom stereocenters. The van der Waals surface area contributed by atoms with Gasteiger partial charge in [0.15, 0.2) is 5.65 Å². The number of imidazole rings is 1. The van der Waals surface area contributed by atoms with Gasteiger partial charge in [-0.3, -0.25) is 24.0 Å². The van der Waals surface area contributed by atoms with E-state index < -0.39 is 23.5 Å². The van der Waals surface area contributed by atoms with Crippen molar-refractivity contribution in [3.05, 3.63) is 107 Å². The first kappa shape index (κ1) is 30.4. The molecular formula is C32H26F4N8O2. The fourth-order valence-corrected chi connectivity index (χ4v) is 5.09. The van der Waals surface area contributed by atoms with Crippen LogP contribution < -0.4 is 16.0 Å². The maximum atomic E-state index is 15.0. The minimum atomic E-state index is -4.69. The lowest BCUT2D eigenvalue weighted by molar-refractivity contribution is -0.137. The monoisotopic (exact) mass is 630 g/mol. The molecule has 1 saturated heterocycles. The van der Waals surface area contributed by atoms with E-state index in [1.807, 2.05) is 12.1 Å². The van der Waals surface area contributed by atoms with Gasteiger partial charge in [0.1, 0.15) is 11.5 Å². The molecule has 1 fully saturated rings. The number of fused-ring (bicyclic) bond motifs is 1. The number of amides is 2. The predicted molar refractivity (Wildman–Crippen MR) is 162 cm³/mol. The Morgan fingerprint density at radius 3 is 2.72 bits per heavy atom. The number of piperazine rings is 1. The minimum Gasteiger partial charge on any atom is -0.354 e. The summed E-state index contributed by atoms with van der Waals surface area (Å²) in [6, 6.07) is 9.23. The fourth-order valence-electron chi connectivity index (χ4n) is 5.09. The largest absolute Gasteiger partial charge is 0.416 e. The Morgan fingerprint density at radius 1 is 1.11 bits per heavy atom. The number of benzene rings is 2. The van der Waals surface area contributed by atoms with Crippen molar-refractivity contribution in [2.24, 2.45) is 0 Å². The Balaban J connectivity index is 1.26. The highest BCUT2D eigenvalue weighted by Gasteiger charge is 2.32. The molecule has 1 aliphatic rings. The molecule has 5 aromatic rings. The standard InChI is InChI=1S/C32H26F4N8O2/c1-19-9-27(33)26(12-21(19)4-5-25-16-38-30-28(3-2-7-44(25)30)41-24-14-39-40-15-24)31(46)42-23-11-20(10-22(13-23)32(34,35)36)17-43-8-6-37-29(45)18-43/h2-3,7,9-16,41H,6,8,17-18H2,1H3,(H,37,45)(H,39,40)(H,42,46). The quantitative estimate of drug-likeness (QED) is 0.157. The van der Waals surface area contributed by atoms with Crippen molar-refractivity contribution in [3.8, 4) is 11.8 Å². The molecule has 10 nitrogen and oxygen atoms in total. The van der Waals surface area contributed by atoms with E-state index in [2.05, 4.69) is 43.0 Å². The topological polar surface area (TPSA) is 119 Å². The van der Waals surface area contributed by atoms with Gasteiger partial charge in [0.05, 0.1) is 41.4 Å². The van der Waals surface area contributed by atoms with Crippen molar-refractivity contribution in [3.63, 3.8) is 0 Å². The number of rotatable bonds is 6. The van der Waals surface area contributed by atoms with Gasteiger partial charge in [0.2, 0.25) is 5.91 Å². The summed E-state index contributed by atoms with van der Waals surface area (Å²) >= 11 is 0.